The molecule has 0 unspecified atom stereocenters. The summed E-state index contributed by atoms with van der Waals surface area (Å²) in [6, 6.07) is 5.85. The minimum absolute atomic E-state index is 0.168. The van der Waals surface area contributed by atoms with Crippen LogP contribution in [0.2, 0.25) is 0 Å². The van der Waals surface area contributed by atoms with E-state index in [1.54, 1.807) is 0 Å². The molecule has 0 aliphatic carbocycles. The molecule has 2 N–H and O–H groups in total. The Morgan fingerprint density at radius 3 is 2.30 bits per heavy atom. The molecule has 1 heterocycles. The van der Waals surface area contributed by atoms with Crippen molar-refractivity contribution in [2.24, 2.45) is 0 Å². The lowest BCUT2D eigenvalue weighted by atomic mass is 10.1. The number of hydrogen-bond donors (Lipinski definition) is 2. The molecule has 7 heteroatoms. The lowest BCUT2D eigenvalue weighted by Crippen LogP contribution is -2.40. The van der Waals surface area contributed by atoms with E-state index < -0.39 is 16.1 Å². The first-order chi connectivity index (χ1) is 9.45. The number of sulfonamides is 1. The van der Waals surface area contributed by atoms with Crippen LogP contribution in [-0.4, -0.2) is 50.0 Å². The van der Waals surface area contributed by atoms with Crippen LogP contribution < -0.4 is 5.32 Å². The Hall–Kier alpha value is -1.44. The van der Waals surface area contributed by atoms with Crippen LogP contribution in [-0.2, 0) is 10.0 Å². The van der Waals surface area contributed by atoms with Crippen molar-refractivity contribution in [3.8, 4) is 0 Å². The van der Waals surface area contributed by atoms with Crippen molar-refractivity contribution >= 4 is 15.9 Å². The van der Waals surface area contributed by atoms with Gasteiger partial charge in [-0.05, 0) is 37.1 Å². The van der Waals surface area contributed by atoms with Crippen LogP contribution in [0.5, 0.6) is 0 Å². The van der Waals surface area contributed by atoms with Gasteiger partial charge < -0.3 is 10.4 Å². The van der Waals surface area contributed by atoms with E-state index in [-0.39, 0.29) is 10.8 Å². The maximum atomic E-state index is 12.4. The topological polar surface area (TPSA) is 86.7 Å². The fourth-order valence-corrected chi connectivity index (χ4v) is 3.62. The maximum absolute atomic E-state index is 12.4. The molecule has 1 aromatic carbocycles. The number of rotatable bonds is 3. The summed E-state index contributed by atoms with van der Waals surface area (Å²) in [6.45, 7) is 0.640. The van der Waals surface area contributed by atoms with Gasteiger partial charge in [0.25, 0.3) is 5.91 Å². The predicted octanol–water partition coefficient (Wildman–Crippen LogP) is 0.192. The van der Waals surface area contributed by atoms with Crippen molar-refractivity contribution in [3.63, 3.8) is 0 Å². The minimum Gasteiger partial charge on any atom is -0.393 e. The average Bonchev–Trinajstić information content (AvgIpc) is 2.47. The Balaban J connectivity index is 2.19. The Morgan fingerprint density at radius 1 is 1.25 bits per heavy atom. The molecule has 110 valence electrons. The molecule has 0 spiro atoms. The van der Waals surface area contributed by atoms with Crippen LogP contribution in [0.4, 0.5) is 0 Å². The predicted molar refractivity (Wildman–Crippen MR) is 73.8 cm³/mol. The SMILES string of the molecule is CNC(=O)c1ccc(S(=O)(=O)N2CCC(O)CC2)cc1. The van der Waals surface area contributed by atoms with Crippen LogP contribution >= 0.6 is 0 Å². The van der Waals surface area contributed by atoms with Crippen molar-refractivity contribution in [1.29, 1.82) is 0 Å². The third-order valence-electron chi connectivity index (χ3n) is 3.40. The number of piperidine rings is 1. The summed E-state index contributed by atoms with van der Waals surface area (Å²) < 4.78 is 26.1. The van der Waals surface area contributed by atoms with Crippen molar-refractivity contribution in [1.82, 2.24) is 9.62 Å². The molecule has 0 atom stereocenters. The Morgan fingerprint density at radius 2 is 1.80 bits per heavy atom. The molecular weight excluding hydrogens is 280 g/mol. The van der Waals surface area contributed by atoms with Gasteiger partial charge in [-0.1, -0.05) is 0 Å². The number of benzene rings is 1. The summed E-state index contributed by atoms with van der Waals surface area (Å²) in [6.07, 6.45) is 0.488. The van der Waals surface area contributed by atoms with Gasteiger partial charge in [0.05, 0.1) is 11.0 Å². The average molecular weight is 298 g/mol. The normalized spacial score (nSPS) is 17.9. The Bertz CT molecular complexity index is 575. The molecule has 0 bridgehead atoms. The van der Waals surface area contributed by atoms with Gasteiger partial charge in [-0.15, -0.1) is 0 Å². The zero-order chi connectivity index (χ0) is 14.8. The van der Waals surface area contributed by atoms with E-state index in [0.29, 0.717) is 31.5 Å². The molecular formula is C13H18N2O4S. The van der Waals surface area contributed by atoms with Crippen molar-refractivity contribution < 1.29 is 18.3 Å². The molecule has 0 saturated carbocycles. The van der Waals surface area contributed by atoms with Gasteiger partial charge in [-0.2, -0.15) is 4.31 Å². The summed E-state index contributed by atoms with van der Waals surface area (Å²) in [5.41, 5.74) is 0.417. The van der Waals surface area contributed by atoms with E-state index in [4.69, 9.17) is 0 Å². The van der Waals surface area contributed by atoms with E-state index in [1.807, 2.05) is 0 Å². The number of carbonyl (C=O) groups excluding carboxylic acids is 1. The molecule has 0 radical (unpaired) electrons. The third-order valence-corrected chi connectivity index (χ3v) is 5.32. The monoisotopic (exact) mass is 298 g/mol. The first-order valence-electron chi connectivity index (χ1n) is 6.45. The van der Waals surface area contributed by atoms with Crippen LogP contribution in [0.15, 0.2) is 29.2 Å². The molecule has 1 saturated heterocycles. The molecule has 1 aliphatic heterocycles. The van der Waals surface area contributed by atoms with Gasteiger partial charge >= 0.3 is 0 Å². The highest BCUT2D eigenvalue weighted by Crippen LogP contribution is 2.21. The number of amides is 1. The van der Waals surface area contributed by atoms with E-state index in [9.17, 15) is 18.3 Å². The summed E-state index contributed by atoms with van der Waals surface area (Å²) >= 11 is 0. The van der Waals surface area contributed by atoms with Crippen molar-refractivity contribution in [3.05, 3.63) is 29.8 Å². The summed E-state index contributed by atoms with van der Waals surface area (Å²) in [5, 5.41) is 11.9. The lowest BCUT2D eigenvalue weighted by molar-refractivity contribution is 0.0962. The van der Waals surface area contributed by atoms with Crippen molar-refractivity contribution in [2.45, 2.75) is 23.8 Å². The second-order valence-electron chi connectivity index (χ2n) is 4.74. The number of aliphatic hydroxyl groups is 1. The first-order valence-corrected chi connectivity index (χ1v) is 7.89. The molecule has 6 nitrogen and oxygen atoms in total. The lowest BCUT2D eigenvalue weighted by Gasteiger charge is -2.28. The minimum atomic E-state index is -3.54. The van der Waals surface area contributed by atoms with Gasteiger partial charge in [-0.25, -0.2) is 8.42 Å². The van der Waals surface area contributed by atoms with Gasteiger partial charge in [0, 0.05) is 25.7 Å². The smallest absolute Gasteiger partial charge is 0.251 e. The molecule has 1 amide bonds. The fourth-order valence-electron chi connectivity index (χ4n) is 2.15. The van der Waals surface area contributed by atoms with E-state index in [2.05, 4.69) is 5.32 Å². The third kappa shape index (κ3) is 3.00. The second kappa shape index (κ2) is 5.90. The second-order valence-corrected chi connectivity index (χ2v) is 6.68. The van der Waals surface area contributed by atoms with Crippen LogP contribution in [0.25, 0.3) is 0 Å². The molecule has 1 aliphatic rings. The van der Waals surface area contributed by atoms with E-state index >= 15 is 0 Å². The molecule has 2 rings (SSSR count). The number of aliphatic hydroxyl groups excluding tert-OH is 1. The molecule has 0 aromatic heterocycles. The van der Waals surface area contributed by atoms with Crippen molar-refractivity contribution in [2.75, 3.05) is 20.1 Å². The summed E-state index contributed by atoms with van der Waals surface area (Å²) in [4.78, 5) is 11.6. The maximum Gasteiger partial charge on any atom is 0.251 e. The number of hydrogen-bond acceptors (Lipinski definition) is 4. The van der Waals surface area contributed by atoms with E-state index in [1.165, 1.54) is 35.6 Å². The molecule has 1 fully saturated rings. The molecule has 20 heavy (non-hydrogen) atoms. The zero-order valence-corrected chi connectivity index (χ0v) is 12.1. The number of nitrogens with one attached hydrogen (secondary N) is 1. The van der Waals surface area contributed by atoms with Gasteiger partial charge in [-0.3, -0.25) is 4.79 Å². The van der Waals surface area contributed by atoms with Gasteiger partial charge in [0.15, 0.2) is 0 Å². The van der Waals surface area contributed by atoms with Crippen LogP contribution in [0, 0.1) is 0 Å². The van der Waals surface area contributed by atoms with E-state index in [0.717, 1.165) is 0 Å². The summed E-state index contributed by atoms with van der Waals surface area (Å²) in [7, 11) is -2.02. The number of carbonyl (C=O) groups is 1. The highest BCUT2D eigenvalue weighted by molar-refractivity contribution is 7.89. The molecule has 1 aromatic rings. The zero-order valence-electron chi connectivity index (χ0n) is 11.2. The van der Waals surface area contributed by atoms with Crippen LogP contribution in [0.1, 0.15) is 23.2 Å². The van der Waals surface area contributed by atoms with Gasteiger partial charge in [0.2, 0.25) is 10.0 Å². The standard InChI is InChI=1S/C13H18N2O4S/c1-14-13(17)10-2-4-12(5-3-10)20(18,19)15-8-6-11(16)7-9-15/h2-5,11,16H,6-9H2,1H3,(H,14,17). The largest absolute Gasteiger partial charge is 0.393 e. The quantitative estimate of drug-likeness (QED) is 0.834. The highest BCUT2D eigenvalue weighted by atomic mass is 32.2. The summed E-state index contributed by atoms with van der Waals surface area (Å²) in [5.74, 6) is -0.255. The fraction of sp³-hybridized carbons (Fsp3) is 0.462. The Labute approximate surface area is 118 Å². The van der Waals surface area contributed by atoms with Crippen LogP contribution in [0.3, 0.4) is 0 Å². The number of nitrogens with zero attached hydrogens (tertiary/aromatic N) is 1. The Kier molecular flexibility index (Phi) is 4.42. The first kappa shape index (κ1) is 15.0. The highest BCUT2D eigenvalue weighted by Gasteiger charge is 2.28. The van der Waals surface area contributed by atoms with Gasteiger partial charge in [0.1, 0.15) is 0 Å².